The molecule has 4 nitrogen and oxygen atoms in total. The summed E-state index contributed by atoms with van der Waals surface area (Å²) in [6.07, 6.45) is 7.21. The van der Waals surface area contributed by atoms with Gasteiger partial charge in [0, 0.05) is 42.5 Å². The molecule has 1 atom stereocenters. The Labute approximate surface area is 223 Å². The minimum Gasteiger partial charge on any atom is -0.508 e. The predicted octanol–water partition coefficient (Wildman–Crippen LogP) is 7.11. The molecule has 1 fully saturated rings. The summed E-state index contributed by atoms with van der Waals surface area (Å²) in [7, 11) is 0. The standard InChI is InChI=1S/C31H34ClFN2O2/c1-2-21-17-24(32)8-10-27(21)29-6-3-5-22-18-25(36)9-11-28(22)31(29)23-7-12-30(34-19-23)37-26-13-16-35(20-26)15-4-14-33/h7-12,17-19,26,36H,2-6,13-16,20H2,1H3. The molecular formula is C31H34ClFN2O2. The molecule has 6 heteroatoms. The van der Waals surface area contributed by atoms with Crippen molar-refractivity contribution in [1.29, 1.82) is 0 Å². The summed E-state index contributed by atoms with van der Waals surface area (Å²) >= 11 is 6.35. The molecule has 1 aliphatic heterocycles. The second kappa shape index (κ2) is 11.7. The first-order chi connectivity index (χ1) is 18.1. The highest BCUT2D eigenvalue weighted by Gasteiger charge is 2.25. The van der Waals surface area contributed by atoms with Crippen molar-refractivity contribution in [3.63, 3.8) is 0 Å². The zero-order valence-electron chi connectivity index (χ0n) is 21.4. The van der Waals surface area contributed by atoms with Crippen LogP contribution in [0, 0.1) is 0 Å². The van der Waals surface area contributed by atoms with Gasteiger partial charge in [0.25, 0.3) is 0 Å². The Kier molecular flexibility index (Phi) is 8.11. The lowest BCUT2D eigenvalue weighted by Gasteiger charge is -2.19. The summed E-state index contributed by atoms with van der Waals surface area (Å²) in [6.45, 7) is 4.41. The summed E-state index contributed by atoms with van der Waals surface area (Å²) in [6, 6.07) is 15.9. The smallest absolute Gasteiger partial charge is 0.213 e. The van der Waals surface area contributed by atoms with E-state index in [0.29, 0.717) is 18.1 Å². The van der Waals surface area contributed by atoms with E-state index in [4.69, 9.17) is 21.3 Å². The first kappa shape index (κ1) is 25.7. The number of hydrogen-bond acceptors (Lipinski definition) is 4. The van der Waals surface area contributed by atoms with E-state index in [1.54, 1.807) is 6.07 Å². The highest BCUT2D eigenvalue weighted by Crippen LogP contribution is 2.42. The van der Waals surface area contributed by atoms with Crippen molar-refractivity contribution < 1.29 is 14.2 Å². The topological polar surface area (TPSA) is 45.6 Å². The van der Waals surface area contributed by atoms with E-state index in [9.17, 15) is 9.50 Å². The van der Waals surface area contributed by atoms with Crippen LogP contribution < -0.4 is 4.74 Å². The third kappa shape index (κ3) is 5.83. The predicted molar refractivity (Wildman–Crippen MR) is 148 cm³/mol. The molecule has 2 heterocycles. The number of phenolic OH excluding ortho intramolecular Hbond substituents is 1. The second-order valence-corrected chi connectivity index (χ2v) is 10.4. The quantitative estimate of drug-likeness (QED) is 0.344. The van der Waals surface area contributed by atoms with Crippen LogP contribution in [-0.4, -0.2) is 47.4 Å². The number of ether oxygens (including phenoxy) is 1. The SMILES string of the molecule is CCc1cc(Cl)ccc1C1=C(c2ccc(OC3CCN(CCCF)C3)nc2)c2ccc(O)cc2CCC1. The van der Waals surface area contributed by atoms with Gasteiger partial charge in [-0.05, 0) is 102 Å². The number of aryl methyl sites for hydroxylation is 2. The number of likely N-dealkylation sites (tertiary alicyclic amines) is 1. The molecule has 0 amide bonds. The summed E-state index contributed by atoms with van der Waals surface area (Å²) < 4.78 is 18.7. The zero-order chi connectivity index (χ0) is 25.8. The number of rotatable bonds is 8. The van der Waals surface area contributed by atoms with Crippen LogP contribution in [-0.2, 0) is 12.8 Å². The Balaban J connectivity index is 1.50. The molecule has 1 N–H and O–H groups in total. The molecule has 37 heavy (non-hydrogen) atoms. The van der Waals surface area contributed by atoms with Crippen molar-refractivity contribution in [2.45, 2.75) is 51.6 Å². The van der Waals surface area contributed by atoms with Gasteiger partial charge in [-0.2, -0.15) is 0 Å². The molecule has 0 spiro atoms. The fraction of sp³-hybridized carbons (Fsp3) is 0.387. The maximum atomic E-state index is 12.5. The molecule has 194 valence electrons. The van der Waals surface area contributed by atoms with Crippen molar-refractivity contribution in [2.24, 2.45) is 0 Å². The lowest BCUT2D eigenvalue weighted by atomic mass is 9.86. The van der Waals surface area contributed by atoms with Gasteiger partial charge in [-0.15, -0.1) is 0 Å². The third-order valence-electron chi connectivity index (χ3n) is 7.46. The second-order valence-electron chi connectivity index (χ2n) is 9.96. The van der Waals surface area contributed by atoms with Gasteiger partial charge in [0.2, 0.25) is 5.88 Å². The fourth-order valence-corrected chi connectivity index (χ4v) is 5.87. The lowest BCUT2D eigenvalue weighted by Crippen LogP contribution is -2.26. The first-order valence-electron chi connectivity index (χ1n) is 13.3. The van der Waals surface area contributed by atoms with E-state index in [1.807, 2.05) is 30.5 Å². The average molecular weight is 521 g/mol. The van der Waals surface area contributed by atoms with Crippen molar-refractivity contribution in [1.82, 2.24) is 9.88 Å². The van der Waals surface area contributed by atoms with Gasteiger partial charge in [-0.3, -0.25) is 9.29 Å². The number of nitrogens with zero attached hydrogens (tertiary/aromatic N) is 2. The van der Waals surface area contributed by atoms with Crippen LogP contribution in [0.1, 0.15) is 60.4 Å². The zero-order valence-corrected chi connectivity index (χ0v) is 22.1. The molecule has 3 aromatic rings. The molecular weight excluding hydrogens is 487 g/mol. The molecule has 5 rings (SSSR count). The maximum Gasteiger partial charge on any atom is 0.213 e. The largest absolute Gasteiger partial charge is 0.508 e. The van der Waals surface area contributed by atoms with Gasteiger partial charge in [-0.25, -0.2) is 4.98 Å². The molecule has 0 bridgehead atoms. The Bertz CT molecular complexity index is 1270. The van der Waals surface area contributed by atoms with Gasteiger partial charge in [-0.1, -0.05) is 30.7 Å². The van der Waals surface area contributed by atoms with E-state index in [0.717, 1.165) is 79.0 Å². The Morgan fingerprint density at radius 1 is 1.11 bits per heavy atom. The van der Waals surface area contributed by atoms with E-state index in [2.05, 4.69) is 30.0 Å². The van der Waals surface area contributed by atoms with Crippen LogP contribution in [0.4, 0.5) is 4.39 Å². The molecule has 2 aromatic carbocycles. The van der Waals surface area contributed by atoms with E-state index < -0.39 is 0 Å². The van der Waals surface area contributed by atoms with Crippen LogP contribution in [0.3, 0.4) is 0 Å². The van der Waals surface area contributed by atoms with E-state index in [-0.39, 0.29) is 12.8 Å². The minimum absolute atomic E-state index is 0.0792. The number of alkyl halides is 1. The number of pyridine rings is 1. The number of aromatic nitrogens is 1. The minimum atomic E-state index is -0.276. The van der Waals surface area contributed by atoms with Crippen molar-refractivity contribution in [3.05, 3.63) is 87.6 Å². The normalized spacial score (nSPS) is 18.1. The fourth-order valence-electron chi connectivity index (χ4n) is 5.67. The molecule has 1 unspecified atom stereocenters. The van der Waals surface area contributed by atoms with Crippen LogP contribution >= 0.6 is 11.6 Å². The van der Waals surface area contributed by atoms with E-state index >= 15 is 0 Å². The average Bonchev–Trinajstić information content (AvgIpc) is 3.27. The molecule has 2 aliphatic rings. The van der Waals surface area contributed by atoms with Crippen molar-refractivity contribution in [3.8, 4) is 11.6 Å². The van der Waals surface area contributed by atoms with Crippen molar-refractivity contribution in [2.75, 3.05) is 26.3 Å². The molecule has 0 saturated carbocycles. The lowest BCUT2D eigenvalue weighted by molar-refractivity contribution is 0.191. The Morgan fingerprint density at radius 3 is 2.76 bits per heavy atom. The van der Waals surface area contributed by atoms with Gasteiger partial charge < -0.3 is 9.84 Å². The maximum absolute atomic E-state index is 12.5. The van der Waals surface area contributed by atoms with Crippen LogP contribution in [0.2, 0.25) is 5.02 Å². The summed E-state index contributed by atoms with van der Waals surface area (Å²) in [5.74, 6) is 0.907. The number of fused-ring (bicyclic) bond motifs is 1. The first-order valence-corrected chi connectivity index (χ1v) is 13.7. The van der Waals surface area contributed by atoms with Crippen molar-refractivity contribution >= 4 is 22.7 Å². The highest BCUT2D eigenvalue weighted by molar-refractivity contribution is 6.30. The van der Waals surface area contributed by atoms with Gasteiger partial charge in [0.15, 0.2) is 0 Å². The number of hydrogen-bond donors (Lipinski definition) is 1. The van der Waals surface area contributed by atoms with Crippen LogP contribution in [0.25, 0.3) is 11.1 Å². The summed E-state index contributed by atoms with van der Waals surface area (Å²) in [5.41, 5.74) is 8.21. The summed E-state index contributed by atoms with van der Waals surface area (Å²) in [4.78, 5) is 6.96. The molecule has 0 radical (unpaired) electrons. The molecule has 1 saturated heterocycles. The van der Waals surface area contributed by atoms with Gasteiger partial charge in [0.05, 0.1) is 6.67 Å². The number of phenols is 1. The van der Waals surface area contributed by atoms with Crippen LogP contribution in [0.5, 0.6) is 11.6 Å². The summed E-state index contributed by atoms with van der Waals surface area (Å²) in [5, 5.41) is 10.9. The number of aromatic hydroxyl groups is 1. The number of allylic oxidation sites excluding steroid dienone is 1. The monoisotopic (exact) mass is 520 g/mol. The number of benzene rings is 2. The highest BCUT2D eigenvalue weighted by atomic mass is 35.5. The van der Waals surface area contributed by atoms with Crippen LogP contribution in [0.15, 0.2) is 54.7 Å². The molecule has 1 aromatic heterocycles. The Hall–Kier alpha value is -2.89. The molecule has 1 aliphatic carbocycles. The third-order valence-corrected chi connectivity index (χ3v) is 7.69. The number of halogens is 2. The van der Waals surface area contributed by atoms with E-state index in [1.165, 1.54) is 16.7 Å². The Morgan fingerprint density at radius 2 is 1.97 bits per heavy atom. The van der Waals surface area contributed by atoms with Gasteiger partial charge in [0.1, 0.15) is 11.9 Å². The van der Waals surface area contributed by atoms with Gasteiger partial charge >= 0.3 is 0 Å².